The maximum Gasteiger partial charge on any atom is 0.307 e. The van der Waals surface area contributed by atoms with E-state index in [0.29, 0.717) is 11.3 Å². The average molecular weight is 279 g/mol. The number of aliphatic carboxylic acids is 1. The van der Waals surface area contributed by atoms with Crippen molar-refractivity contribution in [3.8, 4) is 0 Å². The third kappa shape index (κ3) is 3.98. The van der Waals surface area contributed by atoms with Gasteiger partial charge in [-0.15, -0.1) is 0 Å². The molecule has 104 valence electrons. The zero-order chi connectivity index (χ0) is 13.7. The fourth-order valence-electron chi connectivity index (χ4n) is 2.75. The lowest BCUT2D eigenvalue weighted by Crippen LogP contribution is -2.33. The van der Waals surface area contributed by atoms with Gasteiger partial charge in [0.25, 0.3) is 0 Å². The molecular weight excluding hydrogens is 258 g/mol. The molecule has 0 radical (unpaired) electrons. The van der Waals surface area contributed by atoms with Gasteiger partial charge < -0.3 is 10.4 Å². The predicted molar refractivity (Wildman–Crippen MR) is 79.6 cm³/mol. The van der Waals surface area contributed by atoms with E-state index in [9.17, 15) is 4.79 Å². The van der Waals surface area contributed by atoms with Crippen LogP contribution in [-0.4, -0.2) is 28.6 Å². The Morgan fingerprint density at radius 1 is 1.37 bits per heavy atom. The molecule has 1 aromatic rings. The number of benzene rings is 1. The Labute approximate surface area is 118 Å². The van der Waals surface area contributed by atoms with Crippen molar-refractivity contribution in [3.63, 3.8) is 0 Å². The van der Waals surface area contributed by atoms with E-state index >= 15 is 0 Å². The lowest BCUT2D eigenvalue weighted by molar-refractivity contribution is -0.136. The van der Waals surface area contributed by atoms with Crippen molar-refractivity contribution in [1.82, 2.24) is 5.32 Å². The Balaban J connectivity index is 1.97. The largest absolute Gasteiger partial charge is 0.481 e. The molecule has 0 saturated heterocycles. The number of nitrogens with one attached hydrogen (secondary N) is 1. The molecule has 2 rings (SSSR count). The quantitative estimate of drug-likeness (QED) is 0.840. The number of hydrogen-bond acceptors (Lipinski definition) is 3. The van der Waals surface area contributed by atoms with E-state index in [2.05, 4.69) is 11.6 Å². The van der Waals surface area contributed by atoms with Gasteiger partial charge in [-0.05, 0) is 30.2 Å². The van der Waals surface area contributed by atoms with Crippen LogP contribution >= 0.6 is 11.8 Å². The first-order chi connectivity index (χ1) is 9.20. The molecule has 3 nitrogen and oxygen atoms in total. The summed E-state index contributed by atoms with van der Waals surface area (Å²) in [6, 6.07) is 8.37. The van der Waals surface area contributed by atoms with Crippen molar-refractivity contribution < 1.29 is 9.90 Å². The summed E-state index contributed by atoms with van der Waals surface area (Å²) >= 11 is 1.93. The van der Waals surface area contributed by atoms with Crippen molar-refractivity contribution in [2.75, 3.05) is 6.26 Å². The minimum Gasteiger partial charge on any atom is -0.481 e. The van der Waals surface area contributed by atoms with Crippen molar-refractivity contribution in [1.29, 1.82) is 0 Å². The molecule has 0 aliphatic heterocycles. The van der Waals surface area contributed by atoms with E-state index in [1.807, 2.05) is 36.0 Å². The van der Waals surface area contributed by atoms with Crippen molar-refractivity contribution in [2.24, 2.45) is 0 Å². The Morgan fingerprint density at radius 3 is 2.79 bits per heavy atom. The zero-order valence-corrected chi connectivity index (χ0v) is 12.1. The highest BCUT2D eigenvalue weighted by Gasteiger charge is 2.25. The van der Waals surface area contributed by atoms with E-state index in [0.717, 1.165) is 17.7 Å². The molecule has 4 heteroatoms. The lowest BCUT2D eigenvalue weighted by Gasteiger charge is -2.20. The zero-order valence-electron chi connectivity index (χ0n) is 11.3. The second-order valence-corrected chi connectivity index (χ2v) is 6.11. The molecule has 0 amide bonds. The molecule has 1 saturated carbocycles. The van der Waals surface area contributed by atoms with Crippen LogP contribution in [0.5, 0.6) is 0 Å². The Bertz CT molecular complexity index is 436. The maximum atomic E-state index is 10.9. The topological polar surface area (TPSA) is 49.3 Å². The van der Waals surface area contributed by atoms with E-state index in [1.54, 1.807) is 0 Å². The summed E-state index contributed by atoms with van der Waals surface area (Å²) in [7, 11) is 0. The molecule has 1 aliphatic carbocycles. The first kappa shape index (κ1) is 14.4. The summed E-state index contributed by atoms with van der Waals surface area (Å²) in [6.45, 7) is 0.769. The summed E-state index contributed by atoms with van der Waals surface area (Å²) in [4.78, 5) is 10.9. The molecule has 2 atom stereocenters. The van der Waals surface area contributed by atoms with Crippen molar-refractivity contribution in [3.05, 3.63) is 35.4 Å². The molecule has 2 unspecified atom stereocenters. The van der Waals surface area contributed by atoms with E-state index in [1.165, 1.54) is 19.3 Å². The maximum absolute atomic E-state index is 10.9. The van der Waals surface area contributed by atoms with E-state index in [4.69, 9.17) is 5.11 Å². The number of carboxylic acids is 1. The molecular formula is C15H21NO2S. The van der Waals surface area contributed by atoms with Gasteiger partial charge in [-0.25, -0.2) is 0 Å². The fourth-order valence-corrected chi connectivity index (χ4v) is 3.71. The fraction of sp³-hybridized carbons (Fsp3) is 0.533. The van der Waals surface area contributed by atoms with Gasteiger partial charge in [0.05, 0.1) is 6.42 Å². The molecule has 0 aromatic heterocycles. The van der Waals surface area contributed by atoms with Crippen molar-refractivity contribution >= 4 is 17.7 Å². The minimum atomic E-state index is -0.768. The Morgan fingerprint density at radius 2 is 2.11 bits per heavy atom. The Kier molecular flexibility index (Phi) is 5.28. The van der Waals surface area contributed by atoms with Gasteiger partial charge in [0.1, 0.15) is 0 Å². The highest BCUT2D eigenvalue weighted by atomic mass is 32.2. The second kappa shape index (κ2) is 6.96. The highest BCUT2D eigenvalue weighted by molar-refractivity contribution is 7.99. The molecule has 19 heavy (non-hydrogen) atoms. The SMILES string of the molecule is CSC1CCCC1NCc1ccccc1CC(=O)O. The van der Waals surface area contributed by atoms with Crippen LogP contribution in [0.3, 0.4) is 0 Å². The summed E-state index contributed by atoms with van der Waals surface area (Å²) in [5.74, 6) is -0.768. The number of carbonyl (C=O) groups is 1. The summed E-state index contributed by atoms with van der Waals surface area (Å²) in [6.07, 6.45) is 6.08. The molecule has 1 aliphatic rings. The van der Waals surface area contributed by atoms with Crippen LogP contribution in [0.2, 0.25) is 0 Å². The molecule has 0 spiro atoms. The third-order valence-electron chi connectivity index (χ3n) is 3.77. The smallest absolute Gasteiger partial charge is 0.307 e. The second-order valence-electron chi connectivity index (χ2n) is 5.03. The van der Waals surface area contributed by atoms with Crippen LogP contribution in [0.1, 0.15) is 30.4 Å². The first-order valence-corrected chi connectivity index (χ1v) is 8.04. The monoisotopic (exact) mass is 279 g/mol. The van der Waals surface area contributed by atoms with Gasteiger partial charge in [0.2, 0.25) is 0 Å². The molecule has 1 aromatic carbocycles. The van der Waals surface area contributed by atoms with Crippen LogP contribution in [0.4, 0.5) is 0 Å². The first-order valence-electron chi connectivity index (χ1n) is 6.75. The molecule has 0 heterocycles. The standard InChI is InChI=1S/C15H21NO2S/c1-19-14-8-4-7-13(14)16-10-12-6-3-2-5-11(12)9-15(17)18/h2-3,5-6,13-14,16H,4,7-10H2,1H3,(H,17,18). The van der Waals surface area contributed by atoms with Gasteiger partial charge in [-0.2, -0.15) is 11.8 Å². The van der Waals surface area contributed by atoms with E-state index < -0.39 is 5.97 Å². The normalized spacial score (nSPS) is 22.6. The van der Waals surface area contributed by atoms with E-state index in [-0.39, 0.29) is 6.42 Å². The van der Waals surface area contributed by atoms with Gasteiger partial charge >= 0.3 is 5.97 Å². The van der Waals surface area contributed by atoms with Gasteiger partial charge in [0, 0.05) is 17.8 Å². The summed E-state index contributed by atoms with van der Waals surface area (Å²) in [5, 5.41) is 13.2. The van der Waals surface area contributed by atoms with Crippen molar-refractivity contribution in [2.45, 2.75) is 43.5 Å². The third-order valence-corrected chi connectivity index (χ3v) is 4.94. The number of thioether (sulfide) groups is 1. The average Bonchev–Trinajstić information content (AvgIpc) is 2.84. The van der Waals surface area contributed by atoms with Crippen LogP contribution < -0.4 is 5.32 Å². The molecule has 2 N–H and O–H groups in total. The summed E-state index contributed by atoms with van der Waals surface area (Å²) in [5.41, 5.74) is 2.03. The minimum absolute atomic E-state index is 0.106. The summed E-state index contributed by atoms with van der Waals surface area (Å²) < 4.78 is 0. The molecule has 0 bridgehead atoms. The van der Waals surface area contributed by atoms with Crippen LogP contribution in [-0.2, 0) is 17.8 Å². The number of hydrogen-bond donors (Lipinski definition) is 2. The number of rotatable bonds is 6. The van der Waals surface area contributed by atoms with Crippen LogP contribution in [0.15, 0.2) is 24.3 Å². The predicted octanol–water partition coefficient (Wildman–Crippen LogP) is 2.69. The van der Waals surface area contributed by atoms with Gasteiger partial charge in [-0.3, -0.25) is 4.79 Å². The Hall–Kier alpha value is -1.00. The van der Waals surface area contributed by atoms with Gasteiger partial charge in [-0.1, -0.05) is 30.7 Å². The van der Waals surface area contributed by atoms with Crippen LogP contribution in [0, 0.1) is 0 Å². The highest BCUT2D eigenvalue weighted by Crippen LogP contribution is 2.28. The number of carboxylic acid groups (broad SMARTS) is 1. The molecule has 1 fully saturated rings. The van der Waals surface area contributed by atoms with Gasteiger partial charge in [0.15, 0.2) is 0 Å². The lowest BCUT2D eigenvalue weighted by atomic mass is 10.0. The van der Waals surface area contributed by atoms with Crippen LogP contribution in [0.25, 0.3) is 0 Å².